The van der Waals surface area contributed by atoms with Gasteiger partial charge in [0.1, 0.15) is 0 Å². The van der Waals surface area contributed by atoms with Gasteiger partial charge in [-0.25, -0.2) is 4.99 Å². The molecule has 0 radical (unpaired) electrons. The highest BCUT2D eigenvalue weighted by Crippen LogP contribution is 2.38. The largest absolute Gasteiger partial charge is 0.493 e. The van der Waals surface area contributed by atoms with Crippen molar-refractivity contribution in [2.75, 3.05) is 41.5 Å². The normalized spacial score (nSPS) is 11.0. The zero-order valence-corrected chi connectivity index (χ0v) is 22.4. The highest BCUT2D eigenvalue weighted by molar-refractivity contribution is 14.0. The number of methoxy groups -OCH3 is 3. The van der Waals surface area contributed by atoms with Crippen LogP contribution in [0.3, 0.4) is 0 Å². The van der Waals surface area contributed by atoms with Crippen LogP contribution < -0.4 is 24.8 Å². The Kier molecular flexibility index (Phi) is 12.9. The number of rotatable bonds is 11. The Hall–Kier alpha value is -2.20. The predicted octanol–water partition coefficient (Wildman–Crippen LogP) is 4.04. The Labute approximate surface area is 209 Å². The van der Waals surface area contributed by atoms with Crippen LogP contribution in [-0.2, 0) is 19.6 Å². The van der Waals surface area contributed by atoms with Crippen LogP contribution in [0.5, 0.6) is 17.2 Å². The summed E-state index contributed by atoms with van der Waals surface area (Å²) in [7, 11) is 6.95. The van der Waals surface area contributed by atoms with Gasteiger partial charge in [0.25, 0.3) is 0 Å². The lowest BCUT2D eigenvalue weighted by molar-refractivity contribution is 0.324. The zero-order valence-electron chi connectivity index (χ0n) is 20.0. The molecule has 8 heteroatoms. The summed E-state index contributed by atoms with van der Waals surface area (Å²) < 4.78 is 16.3. The standard InChI is InChI=1S/C24H36N4O3.HI/c1-7-25-24(26-15-18-10-9-11-19(12-18)17-28(3)8-2)27-16-20-13-21(29-4)23(31-6)22(14-20)30-5;/h9-14H,7-8,15-17H2,1-6H3,(H2,25,26,27);1H. The Bertz CT molecular complexity index is 836. The van der Waals surface area contributed by atoms with Crippen molar-refractivity contribution in [2.45, 2.75) is 33.5 Å². The third kappa shape index (κ3) is 8.38. The van der Waals surface area contributed by atoms with Gasteiger partial charge >= 0.3 is 0 Å². The second-order valence-corrected chi connectivity index (χ2v) is 7.23. The van der Waals surface area contributed by atoms with Crippen LogP contribution in [0.25, 0.3) is 0 Å². The summed E-state index contributed by atoms with van der Waals surface area (Å²) in [5.41, 5.74) is 3.50. The highest BCUT2D eigenvalue weighted by atomic mass is 127. The summed E-state index contributed by atoms with van der Waals surface area (Å²) in [5.74, 6) is 2.58. The first kappa shape index (κ1) is 27.8. The molecule has 2 N–H and O–H groups in total. The van der Waals surface area contributed by atoms with Gasteiger partial charge in [0.05, 0.1) is 27.9 Å². The molecule has 32 heavy (non-hydrogen) atoms. The molecule has 0 aliphatic heterocycles. The van der Waals surface area contributed by atoms with E-state index in [1.165, 1.54) is 11.1 Å². The van der Waals surface area contributed by atoms with Crippen molar-refractivity contribution < 1.29 is 14.2 Å². The number of benzene rings is 2. The van der Waals surface area contributed by atoms with E-state index < -0.39 is 0 Å². The van der Waals surface area contributed by atoms with Crippen LogP contribution >= 0.6 is 24.0 Å². The van der Waals surface area contributed by atoms with Crippen LogP contribution in [-0.4, -0.2) is 52.3 Å². The van der Waals surface area contributed by atoms with Crippen LogP contribution in [0.4, 0.5) is 0 Å². The first-order valence-electron chi connectivity index (χ1n) is 10.6. The molecule has 0 aromatic heterocycles. The van der Waals surface area contributed by atoms with E-state index in [-0.39, 0.29) is 24.0 Å². The summed E-state index contributed by atoms with van der Waals surface area (Å²) in [6, 6.07) is 12.5. The van der Waals surface area contributed by atoms with Crippen molar-refractivity contribution >= 4 is 29.9 Å². The number of hydrogen-bond donors (Lipinski definition) is 2. The maximum atomic E-state index is 5.44. The van der Waals surface area contributed by atoms with Gasteiger partial charge < -0.3 is 29.7 Å². The van der Waals surface area contributed by atoms with E-state index in [0.29, 0.717) is 30.3 Å². The van der Waals surface area contributed by atoms with E-state index in [9.17, 15) is 0 Å². The first-order valence-corrected chi connectivity index (χ1v) is 10.6. The highest BCUT2D eigenvalue weighted by Gasteiger charge is 2.13. The van der Waals surface area contributed by atoms with Crippen molar-refractivity contribution in [1.82, 2.24) is 15.5 Å². The van der Waals surface area contributed by atoms with Gasteiger partial charge in [-0.1, -0.05) is 31.2 Å². The number of nitrogens with zero attached hydrogens (tertiary/aromatic N) is 2. The van der Waals surface area contributed by atoms with E-state index in [2.05, 4.69) is 60.7 Å². The van der Waals surface area contributed by atoms with Crippen LogP contribution in [0.15, 0.2) is 41.4 Å². The average molecular weight is 556 g/mol. The summed E-state index contributed by atoms with van der Waals surface area (Å²) in [6.45, 7) is 8.15. The molecule has 2 aromatic carbocycles. The quantitative estimate of drug-likeness (QED) is 0.248. The smallest absolute Gasteiger partial charge is 0.203 e. The maximum Gasteiger partial charge on any atom is 0.203 e. The fourth-order valence-electron chi connectivity index (χ4n) is 3.19. The van der Waals surface area contributed by atoms with E-state index in [1.54, 1.807) is 21.3 Å². The van der Waals surface area contributed by atoms with E-state index >= 15 is 0 Å². The maximum absolute atomic E-state index is 5.44. The van der Waals surface area contributed by atoms with Gasteiger partial charge in [0.15, 0.2) is 17.5 Å². The molecule has 0 saturated carbocycles. The lowest BCUT2D eigenvalue weighted by Crippen LogP contribution is -2.36. The fraction of sp³-hybridized carbons (Fsp3) is 0.458. The Balaban J connectivity index is 0.00000512. The third-order valence-corrected chi connectivity index (χ3v) is 4.93. The molecule has 0 fully saturated rings. The molecular weight excluding hydrogens is 519 g/mol. The van der Waals surface area contributed by atoms with Crippen molar-refractivity contribution in [3.8, 4) is 17.2 Å². The predicted molar refractivity (Wildman–Crippen MR) is 142 cm³/mol. The Morgan fingerprint density at radius 3 is 2.12 bits per heavy atom. The molecule has 0 amide bonds. The van der Waals surface area contributed by atoms with Gasteiger partial charge in [-0.3, -0.25) is 0 Å². The SMILES string of the molecule is CCNC(=NCc1cc(OC)c(OC)c(OC)c1)NCc1cccc(CN(C)CC)c1.I. The molecular formula is C24H37IN4O3. The number of hydrogen-bond acceptors (Lipinski definition) is 5. The van der Waals surface area contributed by atoms with Crippen molar-refractivity contribution in [3.05, 3.63) is 53.1 Å². The molecule has 2 rings (SSSR count). The number of halogens is 1. The van der Waals surface area contributed by atoms with Crippen molar-refractivity contribution in [3.63, 3.8) is 0 Å². The number of aliphatic imine (C=N–C) groups is 1. The molecule has 0 spiro atoms. The molecule has 178 valence electrons. The van der Waals surface area contributed by atoms with Crippen molar-refractivity contribution in [2.24, 2.45) is 4.99 Å². The van der Waals surface area contributed by atoms with Gasteiger partial charge in [-0.15, -0.1) is 24.0 Å². The lowest BCUT2D eigenvalue weighted by atomic mass is 10.1. The second kappa shape index (κ2) is 14.8. The van der Waals surface area contributed by atoms with Gasteiger partial charge in [0.2, 0.25) is 5.75 Å². The van der Waals surface area contributed by atoms with Crippen LogP contribution in [0.1, 0.15) is 30.5 Å². The summed E-state index contributed by atoms with van der Waals surface area (Å²) >= 11 is 0. The minimum absolute atomic E-state index is 0. The third-order valence-electron chi connectivity index (χ3n) is 4.93. The molecule has 0 atom stereocenters. The number of guanidine groups is 1. The fourth-order valence-corrected chi connectivity index (χ4v) is 3.19. The second-order valence-electron chi connectivity index (χ2n) is 7.23. The number of ether oxygens (including phenoxy) is 3. The van der Waals surface area contributed by atoms with E-state index in [4.69, 9.17) is 19.2 Å². The first-order chi connectivity index (χ1) is 15.0. The van der Waals surface area contributed by atoms with Crippen LogP contribution in [0.2, 0.25) is 0 Å². The Morgan fingerprint density at radius 1 is 0.906 bits per heavy atom. The molecule has 0 unspecified atom stereocenters. The zero-order chi connectivity index (χ0) is 22.6. The van der Waals surface area contributed by atoms with Crippen molar-refractivity contribution in [1.29, 1.82) is 0 Å². The van der Waals surface area contributed by atoms with Gasteiger partial charge in [-0.2, -0.15) is 0 Å². The average Bonchev–Trinajstić information content (AvgIpc) is 2.80. The molecule has 7 nitrogen and oxygen atoms in total. The molecule has 0 heterocycles. The van der Waals surface area contributed by atoms with E-state index in [1.807, 2.05) is 12.1 Å². The molecule has 0 bridgehead atoms. The topological polar surface area (TPSA) is 67.4 Å². The summed E-state index contributed by atoms with van der Waals surface area (Å²) in [4.78, 5) is 7.01. The van der Waals surface area contributed by atoms with Gasteiger partial charge in [0, 0.05) is 19.6 Å². The molecule has 0 saturated heterocycles. The molecule has 0 aliphatic rings. The van der Waals surface area contributed by atoms with Gasteiger partial charge in [-0.05, 0) is 49.3 Å². The molecule has 2 aromatic rings. The molecule has 0 aliphatic carbocycles. The summed E-state index contributed by atoms with van der Waals surface area (Å²) in [6.07, 6.45) is 0. The minimum atomic E-state index is 0. The number of nitrogens with one attached hydrogen (secondary N) is 2. The van der Waals surface area contributed by atoms with E-state index in [0.717, 1.165) is 31.2 Å². The lowest BCUT2D eigenvalue weighted by Gasteiger charge is -2.16. The van der Waals surface area contributed by atoms with Crippen LogP contribution in [0, 0.1) is 0 Å². The summed E-state index contributed by atoms with van der Waals surface area (Å²) in [5, 5.41) is 6.72. The minimum Gasteiger partial charge on any atom is -0.493 e. The Morgan fingerprint density at radius 2 is 1.56 bits per heavy atom. The monoisotopic (exact) mass is 556 g/mol.